The zero-order chi connectivity index (χ0) is 19.6. The molecule has 3 aromatic rings. The molecule has 0 saturated carbocycles. The Morgan fingerprint density at radius 3 is 2.52 bits per heavy atom. The molecular weight excluding hydrogens is 409 g/mol. The van der Waals surface area contributed by atoms with Crippen molar-refractivity contribution in [3.63, 3.8) is 0 Å². The molecule has 5 nitrogen and oxygen atoms in total. The second kappa shape index (κ2) is 8.31. The summed E-state index contributed by atoms with van der Waals surface area (Å²) in [5, 5.41) is 18.4. The zero-order valence-corrected chi connectivity index (χ0v) is 16.6. The van der Waals surface area contributed by atoms with Crippen molar-refractivity contribution in [2.24, 2.45) is 0 Å². The number of aromatic nitrogens is 2. The highest BCUT2D eigenvalue weighted by molar-refractivity contribution is 6.33. The van der Waals surface area contributed by atoms with Crippen molar-refractivity contribution in [3.8, 4) is 5.69 Å². The summed E-state index contributed by atoms with van der Waals surface area (Å²) in [6, 6.07) is 12.0. The van der Waals surface area contributed by atoms with Gasteiger partial charge in [-0.05, 0) is 42.3 Å². The highest BCUT2D eigenvalue weighted by atomic mass is 35.5. The van der Waals surface area contributed by atoms with E-state index in [2.05, 4.69) is 10.4 Å². The number of nitrogens with zero attached hydrogens (tertiary/aromatic N) is 2. The predicted molar refractivity (Wildman–Crippen MR) is 109 cm³/mol. The van der Waals surface area contributed by atoms with Crippen molar-refractivity contribution in [2.75, 3.05) is 11.9 Å². The summed E-state index contributed by atoms with van der Waals surface area (Å²) < 4.78 is 1.18. The van der Waals surface area contributed by atoms with E-state index in [9.17, 15) is 9.90 Å². The van der Waals surface area contributed by atoms with Gasteiger partial charge in [0.1, 0.15) is 5.02 Å². The molecule has 0 aliphatic rings. The van der Waals surface area contributed by atoms with Crippen molar-refractivity contribution >= 4 is 40.5 Å². The first-order valence-corrected chi connectivity index (χ1v) is 9.22. The van der Waals surface area contributed by atoms with Gasteiger partial charge in [-0.2, -0.15) is 9.78 Å². The molecule has 1 atom stereocenters. The molecule has 1 heterocycles. The van der Waals surface area contributed by atoms with Crippen LogP contribution in [0.5, 0.6) is 0 Å². The second-order valence-electron chi connectivity index (χ2n) is 5.97. The smallest absolute Gasteiger partial charge is 0.292 e. The molecule has 1 unspecified atom stereocenters. The van der Waals surface area contributed by atoms with Gasteiger partial charge in [-0.1, -0.05) is 53.0 Å². The summed E-state index contributed by atoms with van der Waals surface area (Å²) in [5.74, 6) is 0. The number of anilines is 1. The maximum absolute atomic E-state index is 12.5. The van der Waals surface area contributed by atoms with Gasteiger partial charge in [-0.15, -0.1) is 0 Å². The van der Waals surface area contributed by atoms with Crippen LogP contribution in [0.1, 0.15) is 17.2 Å². The first-order valence-electron chi connectivity index (χ1n) is 8.08. The Hall–Kier alpha value is -2.05. The lowest BCUT2D eigenvalue weighted by Crippen LogP contribution is -2.23. The third kappa shape index (κ3) is 4.45. The van der Waals surface area contributed by atoms with Crippen LogP contribution in [0.25, 0.3) is 5.69 Å². The molecule has 0 spiro atoms. The number of halogens is 3. The quantitative estimate of drug-likeness (QED) is 0.626. The highest BCUT2D eigenvalue weighted by Crippen LogP contribution is 2.22. The van der Waals surface area contributed by atoms with Crippen molar-refractivity contribution in [1.82, 2.24) is 9.78 Å². The van der Waals surface area contributed by atoms with E-state index in [0.717, 1.165) is 5.56 Å². The number of nitrogens with one attached hydrogen (secondary N) is 1. The minimum Gasteiger partial charge on any atom is -0.387 e. The molecule has 27 heavy (non-hydrogen) atoms. The maximum Gasteiger partial charge on any atom is 0.292 e. The Morgan fingerprint density at radius 2 is 1.85 bits per heavy atom. The highest BCUT2D eigenvalue weighted by Gasteiger charge is 2.13. The van der Waals surface area contributed by atoms with Gasteiger partial charge in [0.25, 0.3) is 5.56 Å². The van der Waals surface area contributed by atoms with E-state index in [0.29, 0.717) is 27.0 Å². The number of aryl methyl sites for hydroxylation is 1. The Morgan fingerprint density at radius 1 is 1.15 bits per heavy atom. The van der Waals surface area contributed by atoms with Gasteiger partial charge in [0.05, 0.1) is 23.7 Å². The molecule has 3 rings (SSSR count). The monoisotopic (exact) mass is 423 g/mol. The van der Waals surface area contributed by atoms with Crippen LogP contribution in [-0.4, -0.2) is 21.4 Å². The summed E-state index contributed by atoms with van der Waals surface area (Å²) in [5.41, 5.74) is 1.96. The summed E-state index contributed by atoms with van der Waals surface area (Å²) in [6.45, 7) is 2.02. The summed E-state index contributed by atoms with van der Waals surface area (Å²) in [4.78, 5) is 12.5. The van der Waals surface area contributed by atoms with Crippen molar-refractivity contribution in [1.29, 1.82) is 0 Å². The van der Waals surface area contributed by atoms with Crippen LogP contribution in [-0.2, 0) is 0 Å². The molecule has 2 N–H and O–H groups in total. The standard InChI is InChI=1S/C19H16Cl3N3O2/c1-11-2-7-14(8-15(11)21)25-19(27)18(22)16(9-24-25)23-10-17(26)12-3-5-13(20)6-4-12/h2-9,17,23,26H,10H2,1H3. The number of aliphatic hydroxyl groups excluding tert-OH is 1. The fraction of sp³-hybridized carbons (Fsp3) is 0.158. The molecule has 0 radical (unpaired) electrons. The topological polar surface area (TPSA) is 67.2 Å². The Labute approximate surface area is 171 Å². The number of hydrogen-bond donors (Lipinski definition) is 2. The first-order chi connectivity index (χ1) is 12.9. The molecule has 2 aromatic carbocycles. The van der Waals surface area contributed by atoms with Crippen molar-refractivity contribution < 1.29 is 5.11 Å². The van der Waals surface area contributed by atoms with Crippen LogP contribution in [0.15, 0.2) is 53.5 Å². The van der Waals surface area contributed by atoms with Crippen molar-refractivity contribution in [2.45, 2.75) is 13.0 Å². The first kappa shape index (κ1) is 19.7. The van der Waals surface area contributed by atoms with Crippen molar-refractivity contribution in [3.05, 3.63) is 85.2 Å². The van der Waals surface area contributed by atoms with Gasteiger partial charge in [-0.25, -0.2) is 0 Å². The second-order valence-corrected chi connectivity index (χ2v) is 7.19. The Balaban J connectivity index is 1.79. The normalized spacial score (nSPS) is 12.0. The molecule has 8 heteroatoms. The van der Waals surface area contributed by atoms with Crippen LogP contribution in [0, 0.1) is 6.92 Å². The van der Waals surface area contributed by atoms with Crippen LogP contribution in [0.4, 0.5) is 5.69 Å². The number of aliphatic hydroxyl groups is 1. The SMILES string of the molecule is Cc1ccc(-n2ncc(NCC(O)c3ccc(Cl)cc3)c(Cl)c2=O)cc1Cl. The maximum atomic E-state index is 12.5. The molecule has 0 amide bonds. The van der Waals surface area contributed by atoms with Crippen LogP contribution >= 0.6 is 34.8 Å². The molecule has 1 aromatic heterocycles. The lowest BCUT2D eigenvalue weighted by molar-refractivity contribution is 0.191. The molecule has 0 aliphatic heterocycles. The Bertz CT molecular complexity index is 1020. The number of benzene rings is 2. The van der Waals surface area contributed by atoms with E-state index < -0.39 is 11.7 Å². The third-order valence-electron chi connectivity index (χ3n) is 4.06. The van der Waals surface area contributed by atoms with Crippen LogP contribution < -0.4 is 10.9 Å². The van der Waals surface area contributed by atoms with E-state index >= 15 is 0 Å². The van der Waals surface area contributed by atoms with Gasteiger partial charge in [0.2, 0.25) is 0 Å². The van der Waals surface area contributed by atoms with E-state index in [1.165, 1.54) is 10.9 Å². The number of rotatable bonds is 5. The zero-order valence-electron chi connectivity index (χ0n) is 14.3. The van der Waals surface area contributed by atoms with Crippen LogP contribution in [0.3, 0.4) is 0 Å². The van der Waals surface area contributed by atoms with Gasteiger partial charge >= 0.3 is 0 Å². The predicted octanol–water partition coefficient (Wildman–Crippen LogP) is 4.65. The summed E-state index contributed by atoms with van der Waals surface area (Å²) in [6.07, 6.45) is 0.642. The lowest BCUT2D eigenvalue weighted by atomic mass is 10.1. The van der Waals surface area contributed by atoms with E-state index in [4.69, 9.17) is 34.8 Å². The largest absolute Gasteiger partial charge is 0.387 e. The lowest BCUT2D eigenvalue weighted by Gasteiger charge is -2.15. The van der Waals surface area contributed by atoms with E-state index in [1.807, 2.05) is 6.92 Å². The molecule has 140 valence electrons. The third-order valence-corrected chi connectivity index (χ3v) is 5.08. The Kier molecular flexibility index (Phi) is 6.07. The minimum absolute atomic E-state index is 0.0231. The van der Waals surface area contributed by atoms with Gasteiger partial charge in [0, 0.05) is 16.6 Å². The summed E-state index contributed by atoms with van der Waals surface area (Å²) in [7, 11) is 0. The van der Waals surface area contributed by atoms with Gasteiger partial charge < -0.3 is 10.4 Å². The minimum atomic E-state index is -0.795. The van der Waals surface area contributed by atoms with E-state index in [1.54, 1.807) is 42.5 Å². The van der Waals surface area contributed by atoms with E-state index in [-0.39, 0.29) is 11.6 Å². The fourth-order valence-corrected chi connectivity index (χ4v) is 2.96. The summed E-state index contributed by atoms with van der Waals surface area (Å²) >= 11 is 18.2. The fourth-order valence-electron chi connectivity index (χ4n) is 2.46. The average molecular weight is 425 g/mol. The molecule has 0 saturated heterocycles. The van der Waals surface area contributed by atoms with Gasteiger partial charge in [0.15, 0.2) is 0 Å². The average Bonchev–Trinajstić information content (AvgIpc) is 2.65. The number of hydrogen-bond acceptors (Lipinski definition) is 4. The molecule has 0 aliphatic carbocycles. The molecule has 0 bridgehead atoms. The molecule has 0 fully saturated rings. The molecular formula is C19H16Cl3N3O2. The van der Waals surface area contributed by atoms with Crippen LogP contribution in [0.2, 0.25) is 15.1 Å². The van der Waals surface area contributed by atoms with Gasteiger partial charge in [-0.3, -0.25) is 4.79 Å².